The van der Waals surface area contributed by atoms with Crippen LogP contribution in [0.5, 0.6) is 0 Å². The van der Waals surface area contributed by atoms with Gasteiger partial charge in [-0.2, -0.15) is 0 Å². The molecule has 5 aromatic rings. The summed E-state index contributed by atoms with van der Waals surface area (Å²) in [6.07, 6.45) is 1.85. The van der Waals surface area contributed by atoms with Gasteiger partial charge in [0.25, 0.3) is 0 Å². The highest BCUT2D eigenvalue weighted by molar-refractivity contribution is 5.82. The molecule has 0 radical (unpaired) electrons. The van der Waals surface area contributed by atoms with Gasteiger partial charge in [0.2, 0.25) is 0 Å². The molecular weight excluding hydrogens is 422 g/mol. The maximum atomic E-state index is 4.55. The lowest BCUT2D eigenvalue weighted by Gasteiger charge is -2.19. The Labute approximate surface area is 209 Å². The first-order chi connectivity index (χ1) is 16.9. The minimum absolute atomic E-state index is 0.138. The quantitative estimate of drug-likeness (QED) is 0.264. The number of nitrogens with zero attached hydrogens (tertiary/aromatic N) is 1. The fraction of sp³-hybridized carbons (Fsp3) is 0.147. The molecule has 1 heterocycles. The van der Waals surface area contributed by atoms with Crippen molar-refractivity contribution in [2.75, 3.05) is 0 Å². The van der Waals surface area contributed by atoms with Gasteiger partial charge < -0.3 is 0 Å². The van der Waals surface area contributed by atoms with Crippen molar-refractivity contribution in [2.45, 2.75) is 33.1 Å². The van der Waals surface area contributed by atoms with Crippen molar-refractivity contribution in [3.63, 3.8) is 0 Å². The molecule has 0 spiro atoms. The Balaban J connectivity index is 1.64. The zero-order valence-corrected chi connectivity index (χ0v) is 20.9. The van der Waals surface area contributed by atoms with Gasteiger partial charge in [-0.25, -0.2) is 0 Å². The monoisotopic (exact) mass is 453 g/mol. The minimum Gasteiger partial charge on any atom is -0.256 e. The van der Waals surface area contributed by atoms with Gasteiger partial charge in [-0.15, -0.1) is 0 Å². The van der Waals surface area contributed by atoms with E-state index < -0.39 is 0 Å². The van der Waals surface area contributed by atoms with E-state index in [0.29, 0.717) is 0 Å². The molecule has 0 aliphatic rings. The number of aryl methyl sites for hydroxylation is 1. The highest BCUT2D eigenvalue weighted by Gasteiger charge is 2.14. The molecule has 1 heteroatoms. The highest BCUT2D eigenvalue weighted by atomic mass is 14.7. The SMILES string of the molecule is Cc1ccc(-c2cc(-c3ccc(C(C)(C)C)cc3)cc(-c3cccc(-c4ccccn4)c3)c2)cc1. The first-order valence-electron chi connectivity index (χ1n) is 12.2. The van der Waals surface area contributed by atoms with Gasteiger partial charge in [-0.1, -0.05) is 99.1 Å². The van der Waals surface area contributed by atoms with E-state index in [0.717, 1.165) is 11.3 Å². The summed E-state index contributed by atoms with van der Waals surface area (Å²) >= 11 is 0. The van der Waals surface area contributed by atoms with E-state index in [2.05, 4.69) is 130 Å². The number of hydrogen-bond acceptors (Lipinski definition) is 1. The van der Waals surface area contributed by atoms with Crippen LogP contribution < -0.4 is 0 Å². The third-order valence-corrected chi connectivity index (χ3v) is 6.56. The second-order valence-electron chi connectivity index (χ2n) is 10.3. The number of rotatable bonds is 4. The molecule has 35 heavy (non-hydrogen) atoms. The number of hydrogen-bond donors (Lipinski definition) is 0. The third-order valence-electron chi connectivity index (χ3n) is 6.56. The Bertz CT molecular complexity index is 1440. The van der Waals surface area contributed by atoms with Gasteiger partial charge in [0, 0.05) is 11.8 Å². The molecule has 0 amide bonds. The van der Waals surface area contributed by atoms with Gasteiger partial charge in [0.05, 0.1) is 5.69 Å². The molecule has 0 N–H and O–H groups in total. The Morgan fingerprint density at radius 1 is 0.486 bits per heavy atom. The summed E-state index contributed by atoms with van der Waals surface area (Å²) in [4.78, 5) is 4.55. The summed E-state index contributed by atoms with van der Waals surface area (Å²) in [5.74, 6) is 0. The van der Waals surface area contributed by atoms with Gasteiger partial charge in [0.1, 0.15) is 0 Å². The molecule has 5 rings (SSSR count). The fourth-order valence-corrected chi connectivity index (χ4v) is 4.43. The molecule has 0 bridgehead atoms. The van der Waals surface area contributed by atoms with E-state index in [9.17, 15) is 0 Å². The molecule has 0 aliphatic heterocycles. The zero-order chi connectivity index (χ0) is 24.4. The standard InChI is InChI=1S/C34H31N/c1-24-11-13-25(14-12-24)29-21-30(26-15-17-32(18-16-26)34(2,3)4)23-31(22-29)27-8-7-9-28(20-27)33-10-5-6-19-35-33/h5-23H,1-4H3. The Hall–Kier alpha value is -3.97. The average molecular weight is 454 g/mol. The molecule has 0 unspecified atom stereocenters. The van der Waals surface area contributed by atoms with Crippen LogP contribution in [-0.4, -0.2) is 4.98 Å². The van der Waals surface area contributed by atoms with Crippen molar-refractivity contribution >= 4 is 0 Å². The summed E-state index contributed by atoms with van der Waals surface area (Å²) < 4.78 is 0. The Morgan fingerprint density at radius 3 is 1.60 bits per heavy atom. The first kappa shape index (κ1) is 22.8. The largest absolute Gasteiger partial charge is 0.256 e. The highest BCUT2D eigenvalue weighted by Crippen LogP contribution is 2.35. The fourth-order valence-electron chi connectivity index (χ4n) is 4.43. The van der Waals surface area contributed by atoms with E-state index in [1.165, 1.54) is 44.5 Å². The molecule has 172 valence electrons. The summed E-state index contributed by atoms with van der Waals surface area (Å²) in [5.41, 5.74) is 12.2. The van der Waals surface area contributed by atoms with E-state index in [1.807, 2.05) is 18.3 Å². The maximum absolute atomic E-state index is 4.55. The second kappa shape index (κ2) is 9.35. The molecule has 0 saturated carbocycles. The van der Waals surface area contributed by atoms with E-state index in [4.69, 9.17) is 0 Å². The summed E-state index contributed by atoms with van der Waals surface area (Å²) in [6, 6.07) is 39.5. The molecule has 0 fully saturated rings. The van der Waals surface area contributed by atoms with E-state index in [-0.39, 0.29) is 5.41 Å². The van der Waals surface area contributed by atoms with Crippen LogP contribution in [-0.2, 0) is 5.41 Å². The number of pyridine rings is 1. The lowest BCUT2D eigenvalue weighted by molar-refractivity contribution is 0.590. The molecule has 0 saturated heterocycles. The maximum Gasteiger partial charge on any atom is 0.0702 e. The van der Waals surface area contributed by atoms with Crippen molar-refractivity contribution in [3.8, 4) is 44.6 Å². The van der Waals surface area contributed by atoms with E-state index >= 15 is 0 Å². The van der Waals surface area contributed by atoms with Crippen LogP contribution in [0.1, 0.15) is 31.9 Å². The van der Waals surface area contributed by atoms with Crippen LogP contribution >= 0.6 is 0 Å². The van der Waals surface area contributed by atoms with Crippen molar-refractivity contribution in [1.82, 2.24) is 4.98 Å². The van der Waals surface area contributed by atoms with Gasteiger partial charge in [0.15, 0.2) is 0 Å². The zero-order valence-electron chi connectivity index (χ0n) is 20.9. The van der Waals surface area contributed by atoms with Gasteiger partial charge >= 0.3 is 0 Å². The van der Waals surface area contributed by atoms with Crippen molar-refractivity contribution < 1.29 is 0 Å². The predicted molar refractivity (Wildman–Crippen MR) is 149 cm³/mol. The molecule has 0 aliphatic carbocycles. The summed E-state index contributed by atoms with van der Waals surface area (Å²) in [7, 11) is 0. The van der Waals surface area contributed by atoms with Crippen LogP contribution in [0.25, 0.3) is 44.6 Å². The molecule has 4 aromatic carbocycles. The van der Waals surface area contributed by atoms with E-state index in [1.54, 1.807) is 0 Å². The van der Waals surface area contributed by atoms with Gasteiger partial charge in [-0.3, -0.25) is 4.98 Å². The lowest BCUT2D eigenvalue weighted by atomic mass is 9.85. The Morgan fingerprint density at radius 2 is 1.03 bits per heavy atom. The topological polar surface area (TPSA) is 12.9 Å². The minimum atomic E-state index is 0.138. The second-order valence-corrected chi connectivity index (χ2v) is 10.3. The summed E-state index contributed by atoms with van der Waals surface area (Å²) in [5, 5.41) is 0. The van der Waals surface area contributed by atoms with Crippen LogP contribution in [0.4, 0.5) is 0 Å². The molecule has 1 aromatic heterocycles. The normalized spacial score (nSPS) is 11.4. The van der Waals surface area contributed by atoms with Crippen LogP contribution in [0.2, 0.25) is 0 Å². The van der Waals surface area contributed by atoms with Crippen LogP contribution in [0.15, 0.2) is 115 Å². The average Bonchev–Trinajstić information content (AvgIpc) is 2.89. The Kier molecular flexibility index (Phi) is 6.09. The first-order valence-corrected chi connectivity index (χ1v) is 12.2. The molecule has 1 nitrogen and oxygen atoms in total. The number of aromatic nitrogens is 1. The summed E-state index contributed by atoms with van der Waals surface area (Å²) in [6.45, 7) is 8.90. The predicted octanol–water partition coefficient (Wildman–Crippen LogP) is 9.36. The van der Waals surface area contributed by atoms with Gasteiger partial charge in [-0.05, 0) is 87.7 Å². The third kappa shape index (κ3) is 5.10. The smallest absolute Gasteiger partial charge is 0.0702 e. The van der Waals surface area contributed by atoms with Crippen molar-refractivity contribution in [2.24, 2.45) is 0 Å². The lowest BCUT2D eigenvalue weighted by Crippen LogP contribution is -2.10. The molecule has 0 atom stereocenters. The number of benzene rings is 4. The van der Waals surface area contributed by atoms with Crippen molar-refractivity contribution in [3.05, 3.63) is 127 Å². The van der Waals surface area contributed by atoms with Crippen molar-refractivity contribution in [1.29, 1.82) is 0 Å². The van der Waals surface area contributed by atoms with Crippen LogP contribution in [0, 0.1) is 6.92 Å². The van der Waals surface area contributed by atoms with Crippen LogP contribution in [0.3, 0.4) is 0 Å². The molecular formula is C34H31N.